The minimum atomic E-state index is -1.02. The van der Waals surface area contributed by atoms with Gasteiger partial charge in [0.25, 0.3) is 5.91 Å². The maximum absolute atomic E-state index is 11.9. The van der Waals surface area contributed by atoms with Gasteiger partial charge in [-0.2, -0.15) is 5.26 Å². The second-order valence-corrected chi connectivity index (χ2v) is 4.81. The van der Waals surface area contributed by atoms with Crippen LogP contribution in [0.25, 0.3) is 0 Å². The Morgan fingerprint density at radius 2 is 2.19 bits per heavy atom. The van der Waals surface area contributed by atoms with Crippen molar-refractivity contribution in [3.05, 3.63) is 28.8 Å². The molecule has 0 bridgehead atoms. The first-order chi connectivity index (χ1) is 9.86. The molecule has 7 heteroatoms. The first-order valence-corrected chi connectivity index (χ1v) is 6.56. The van der Waals surface area contributed by atoms with Crippen molar-refractivity contribution in [1.82, 2.24) is 4.90 Å². The highest BCUT2D eigenvalue weighted by molar-refractivity contribution is 6.30. The number of hydrogen-bond donors (Lipinski definition) is 1. The van der Waals surface area contributed by atoms with E-state index >= 15 is 0 Å². The number of carbonyl (C=O) groups is 2. The molecule has 0 unspecified atom stereocenters. The van der Waals surface area contributed by atoms with E-state index < -0.39 is 18.0 Å². The van der Waals surface area contributed by atoms with Crippen LogP contribution in [0.15, 0.2) is 18.2 Å². The highest BCUT2D eigenvalue weighted by Crippen LogP contribution is 2.23. The zero-order valence-electron chi connectivity index (χ0n) is 11.7. The Hall–Kier alpha value is -2.26. The number of likely N-dealkylation sites (N-methyl/N-ethyl adjacent to an activating group) is 1. The number of nitrogens with zero attached hydrogens (tertiary/aromatic N) is 2. The molecule has 1 aromatic rings. The van der Waals surface area contributed by atoms with Crippen LogP contribution in [0.4, 0.5) is 0 Å². The molecule has 1 atom stereocenters. The quantitative estimate of drug-likeness (QED) is 0.840. The first kappa shape index (κ1) is 16.8. The van der Waals surface area contributed by atoms with Crippen molar-refractivity contribution in [1.29, 1.82) is 5.26 Å². The van der Waals surface area contributed by atoms with E-state index in [4.69, 9.17) is 21.6 Å². The number of esters is 1. The van der Waals surface area contributed by atoms with Gasteiger partial charge < -0.3 is 14.7 Å². The molecule has 0 saturated heterocycles. The molecule has 1 N–H and O–H groups in total. The van der Waals surface area contributed by atoms with Gasteiger partial charge in [-0.15, -0.1) is 0 Å². The summed E-state index contributed by atoms with van der Waals surface area (Å²) in [6.07, 6.45) is -0.822. The smallest absolute Gasteiger partial charge is 0.342 e. The van der Waals surface area contributed by atoms with Gasteiger partial charge in [-0.25, -0.2) is 4.79 Å². The summed E-state index contributed by atoms with van der Waals surface area (Å²) in [5.74, 6) is -1.56. The number of phenolic OH excluding ortho intramolecular Hbond substituents is 1. The molecule has 0 saturated carbocycles. The standard InChI is InChI=1S/C14H15ClN2O4/c1-9(13(19)17(2)7-3-6-16)21-14(20)11-5-4-10(15)8-12(11)18/h4-5,8-9,18H,3,7H2,1-2H3/t9-/m0/s1. The Labute approximate surface area is 127 Å². The zero-order chi connectivity index (χ0) is 16.0. The second kappa shape index (κ2) is 7.50. The summed E-state index contributed by atoms with van der Waals surface area (Å²) in [5.41, 5.74) is -0.0706. The van der Waals surface area contributed by atoms with Crippen molar-refractivity contribution >= 4 is 23.5 Å². The topological polar surface area (TPSA) is 90.6 Å². The van der Waals surface area contributed by atoms with Crippen LogP contribution in [0.5, 0.6) is 5.75 Å². The Morgan fingerprint density at radius 1 is 1.52 bits per heavy atom. The van der Waals surface area contributed by atoms with Crippen LogP contribution >= 0.6 is 11.6 Å². The summed E-state index contributed by atoms with van der Waals surface area (Å²) in [7, 11) is 1.52. The number of hydrogen-bond acceptors (Lipinski definition) is 5. The van der Waals surface area contributed by atoms with Crippen molar-refractivity contribution in [3.63, 3.8) is 0 Å². The molecule has 0 radical (unpaired) electrons. The van der Waals surface area contributed by atoms with Crippen LogP contribution in [0.3, 0.4) is 0 Å². The third-order valence-electron chi connectivity index (χ3n) is 2.75. The number of ether oxygens (including phenoxy) is 1. The van der Waals surface area contributed by atoms with Crippen LogP contribution in [-0.2, 0) is 9.53 Å². The van der Waals surface area contributed by atoms with Crippen LogP contribution in [0, 0.1) is 11.3 Å². The van der Waals surface area contributed by atoms with E-state index in [1.54, 1.807) is 0 Å². The summed E-state index contributed by atoms with van der Waals surface area (Å²) in [6.45, 7) is 1.68. The normalized spacial score (nSPS) is 11.3. The summed E-state index contributed by atoms with van der Waals surface area (Å²) in [5, 5.41) is 18.4. The number of carbonyl (C=O) groups excluding carboxylic acids is 2. The molecule has 1 aromatic carbocycles. The Bertz CT molecular complexity index is 583. The molecule has 6 nitrogen and oxygen atoms in total. The van der Waals surface area contributed by atoms with Crippen LogP contribution in [0.1, 0.15) is 23.7 Å². The Kier molecular flexibility index (Phi) is 6.00. The number of amides is 1. The summed E-state index contributed by atoms with van der Waals surface area (Å²) in [6, 6.07) is 5.89. The molecule has 0 fully saturated rings. The molecular weight excluding hydrogens is 296 g/mol. The van der Waals surface area contributed by atoms with E-state index in [1.807, 2.05) is 6.07 Å². The molecule has 0 heterocycles. The molecule has 1 amide bonds. The number of nitriles is 1. The van der Waals surface area contributed by atoms with Gasteiger partial charge in [-0.05, 0) is 25.1 Å². The molecule has 112 valence electrons. The molecule has 0 spiro atoms. The van der Waals surface area contributed by atoms with E-state index in [0.29, 0.717) is 0 Å². The van der Waals surface area contributed by atoms with Gasteiger partial charge in [-0.3, -0.25) is 4.79 Å². The number of phenols is 1. The molecule has 0 aromatic heterocycles. The average Bonchev–Trinajstić information content (AvgIpc) is 2.43. The maximum Gasteiger partial charge on any atom is 0.342 e. The highest BCUT2D eigenvalue weighted by Gasteiger charge is 2.23. The molecule has 1 rings (SSSR count). The predicted octanol–water partition coefficient (Wildman–Crippen LogP) is 1.96. The lowest BCUT2D eigenvalue weighted by molar-refractivity contribution is -0.138. The zero-order valence-corrected chi connectivity index (χ0v) is 12.4. The molecule has 0 aliphatic heterocycles. The van der Waals surface area contributed by atoms with E-state index in [-0.39, 0.29) is 29.3 Å². The SMILES string of the molecule is C[C@H](OC(=O)c1ccc(Cl)cc1O)C(=O)N(C)CCC#N. The summed E-state index contributed by atoms with van der Waals surface area (Å²) < 4.78 is 5.00. The highest BCUT2D eigenvalue weighted by atomic mass is 35.5. The fraction of sp³-hybridized carbons (Fsp3) is 0.357. The van der Waals surface area contributed by atoms with Gasteiger partial charge in [0.15, 0.2) is 6.10 Å². The van der Waals surface area contributed by atoms with Gasteiger partial charge in [-0.1, -0.05) is 11.6 Å². The van der Waals surface area contributed by atoms with Gasteiger partial charge in [0.2, 0.25) is 0 Å². The lowest BCUT2D eigenvalue weighted by Crippen LogP contribution is -2.37. The van der Waals surface area contributed by atoms with E-state index in [9.17, 15) is 14.7 Å². The van der Waals surface area contributed by atoms with Crippen molar-refractivity contribution < 1.29 is 19.4 Å². The fourth-order valence-electron chi connectivity index (χ4n) is 1.59. The minimum Gasteiger partial charge on any atom is -0.507 e. The van der Waals surface area contributed by atoms with Gasteiger partial charge >= 0.3 is 5.97 Å². The Morgan fingerprint density at radius 3 is 2.76 bits per heavy atom. The monoisotopic (exact) mass is 310 g/mol. The lowest BCUT2D eigenvalue weighted by atomic mass is 10.2. The van der Waals surface area contributed by atoms with Crippen molar-refractivity contribution in [2.75, 3.05) is 13.6 Å². The second-order valence-electron chi connectivity index (χ2n) is 4.38. The number of rotatable bonds is 5. The number of halogens is 1. The maximum atomic E-state index is 11.9. The average molecular weight is 311 g/mol. The van der Waals surface area contributed by atoms with Crippen LogP contribution in [0.2, 0.25) is 5.02 Å². The number of aromatic hydroxyl groups is 1. The van der Waals surface area contributed by atoms with E-state index in [1.165, 1.54) is 37.1 Å². The molecule has 0 aliphatic rings. The van der Waals surface area contributed by atoms with Crippen molar-refractivity contribution in [2.45, 2.75) is 19.4 Å². The van der Waals surface area contributed by atoms with Crippen molar-refractivity contribution in [3.8, 4) is 11.8 Å². The fourth-order valence-corrected chi connectivity index (χ4v) is 1.76. The van der Waals surface area contributed by atoms with Crippen molar-refractivity contribution in [2.24, 2.45) is 0 Å². The molecule has 21 heavy (non-hydrogen) atoms. The summed E-state index contributed by atoms with van der Waals surface area (Å²) in [4.78, 5) is 25.1. The lowest BCUT2D eigenvalue weighted by Gasteiger charge is -2.20. The van der Waals surface area contributed by atoms with E-state index in [0.717, 1.165) is 0 Å². The van der Waals surface area contributed by atoms with E-state index in [2.05, 4.69) is 0 Å². The minimum absolute atomic E-state index is 0.0706. The number of benzene rings is 1. The van der Waals surface area contributed by atoms with Gasteiger partial charge in [0.05, 0.1) is 12.5 Å². The largest absolute Gasteiger partial charge is 0.507 e. The van der Waals surface area contributed by atoms with Gasteiger partial charge in [0.1, 0.15) is 11.3 Å². The predicted molar refractivity (Wildman–Crippen MR) is 75.9 cm³/mol. The third-order valence-corrected chi connectivity index (χ3v) is 2.98. The van der Waals surface area contributed by atoms with Crippen LogP contribution < -0.4 is 0 Å². The third kappa shape index (κ3) is 4.65. The van der Waals surface area contributed by atoms with Crippen LogP contribution in [-0.4, -0.2) is 41.6 Å². The first-order valence-electron chi connectivity index (χ1n) is 6.18. The van der Waals surface area contributed by atoms with Gasteiger partial charge in [0, 0.05) is 18.6 Å². The summed E-state index contributed by atoms with van der Waals surface area (Å²) >= 11 is 5.67. The molecule has 0 aliphatic carbocycles. The Balaban J connectivity index is 2.69. The molecular formula is C14H15ClN2O4.